The third kappa shape index (κ3) is 5.78. The van der Waals surface area contributed by atoms with Crippen LogP contribution in [-0.2, 0) is 31.1 Å². The van der Waals surface area contributed by atoms with E-state index in [1.54, 1.807) is 5.47 Å². The monoisotopic (exact) mass is 843 g/mol. The van der Waals surface area contributed by atoms with Gasteiger partial charge in [0.2, 0.25) is 6.71 Å². The molecule has 4 atom stereocenters. The summed E-state index contributed by atoms with van der Waals surface area (Å²) in [6.07, 6.45) is 16.7. The van der Waals surface area contributed by atoms with Crippen molar-refractivity contribution in [3.8, 4) is 5.75 Å². The highest BCUT2D eigenvalue weighted by Crippen LogP contribution is 2.69. The first kappa shape index (κ1) is 41.5. The van der Waals surface area contributed by atoms with Gasteiger partial charge in [0.25, 0.3) is 0 Å². The minimum atomic E-state index is -0.637. The molecule has 0 radical (unpaired) electrons. The smallest absolute Gasteiger partial charge is 0.247 e. The topological polar surface area (TPSA) is 15.7 Å². The largest absolute Gasteiger partial charge is 0.478 e. The second kappa shape index (κ2) is 15.5. The molecule has 5 aromatic rings. The van der Waals surface area contributed by atoms with E-state index >= 15 is 0 Å². The highest BCUT2D eigenvalue weighted by atomic mass is 16.5. The molecule has 11 rings (SSSR count). The van der Waals surface area contributed by atoms with E-state index in [9.17, 15) is 0 Å². The minimum absolute atomic E-state index is 0.0621. The van der Waals surface area contributed by atoms with E-state index < -0.39 is 11.1 Å². The van der Waals surface area contributed by atoms with E-state index in [-0.39, 0.29) is 18.0 Å². The Kier molecular flexibility index (Phi) is 10.0. The van der Waals surface area contributed by atoms with Gasteiger partial charge >= 0.3 is 0 Å². The van der Waals surface area contributed by atoms with Crippen molar-refractivity contribution in [1.82, 2.24) is 0 Å². The second-order valence-electron chi connectivity index (χ2n) is 20.6. The van der Waals surface area contributed by atoms with Crippen LogP contribution >= 0.6 is 0 Å². The van der Waals surface area contributed by atoms with Crippen LogP contribution in [0, 0.1) is 5.92 Å². The lowest BCUT2D eigenvalue weighted by Crippen LogP contribution is -2.72. The third-order valence-corrected chi connectivity index (χ3v) is 16.5. The van der Waals surface area contributed by atoms with E-state index in [1.165, 1.54) is 141 Å². The fraction of sp³-hybridized carbons (Fsp3) is 0.400. The molecule has 5 aromatic carbocycles. The first-order valence-electron chi connectivity index (χ1n) is 25.2. The van der Waals surface area contributed by atoms with E-state index in [1.807, 2.05) is 0 Å². The second-order valence-corrected chi connectivity index (χ2v) is 20.6. The molecule has 0 N–H and O–H groups in total. The molecular formula is C60H67BN2O. The van der Waals surface area contributed by atoms with Gasteiger partial charge in [0.05, 0.1) is 5.54 Å². The van der Waals surface area contributed by atoms with Gasteiger partial charge in [-0.05, 0) is 164 Å². The number of hydrogen-bond acceptors (Lipinski definition) is 3. The maximum atomic E-state index is 7.47. The van der Waals surface area contributed by atoms with E-state index in [4.69, 9.17) is 4.74 Å². The van der Waals surface area contributed by atoms with Crippen molar-refractivity contribution in [3.05, 3.63) is 165 Å². The summed E-state index contributed by atoms with van der Waals surface area (Å²) in [6, 6.07) is 41.3. The summed E-state index contributed by atoms with van der Waals surface area (Å²) in [7, 11) is 0. The van der Waals surface area contributed by atoms with Crippen LogP contribution in [0.4, 0.5) is 22.7 Å². The van der Waals surface area contributed by atoms with Crippen LogP contribution in [0.3, 0.4) is 0 Å². The minimum Gasteiger partial charge on any atom is -0.478 e. The Morgan fingerprint density at radius 1 is 0.609 bits per heavy atom. The molecule has 4 unspecified atom stereocenters. The van der Waals surface area contributed by atoms with Crippen molar-refractivity contribution in [2.24, 2.45) is 5.92 Å². The number of benzene rings is 5. The highest BCUT2D eigenvalue weighted by molar-refractivity contribution is 6.94. The molecule has 0 spiro atoms. The number of allylic oxidation sites excluding steroid dienone is 2. The Bertz CT molecular complexity index is 2790. The van der Waals surface area contributed by atoms with Crippen molar-refractivity contribution in [1.29, 1.82) is 0 Å². The van der Waals surface area contributed by atoms with Crippen LogP contribution < -0.4 is 25.5 Å². The van der Waals surface area contributed by atoms with Crippen LogP contribution in [0.1, 0.15) is 140 Å². The van der Waals surface area contributed by atoms with Crippen LogP contribution in [0.25, 0.3) is 5.57 Å². The van der Waals surface area contributed by atoms with Crippen molar-refractivity contribution in [3.63, 3.8) is 0 Å². The first-order valence-corrected chi connectivity index (χ1v) is 25.2. The fourth-order valence-corrected chi connectivity index (χ4v) is 13.5. The van der Waals surface area contributed by atoms with Crippen molar-refractivity contribution in [2.75, 3.05) is 9.80 Å². The molecule has 6 aliphatic rings. The molecule has 0 saturated carbocycles. The number of nitrogens with zero attached hydrogens (tertiary/aromatic N) is 2. The van der Waals surface area contributed by atoms with Crippen molar-refractivity contribution < 1.29 is 4.74 Å². The molecule has 3 nitrogen and oxygen atoms in total. The van der Waals surface area contributed by atoms with Crippen molar-refractivity contribution in [2.45, 2.75) is 149 Å². The summed E-state index contributed by atoms with van der Waals surface area (Å²) in [5.41, 5.74) is 22.4. The number of aryl methyl sites for hydroxylation is 4. The molecule has 0 aromatic heterocycles. The quantitative estimate of drug-likeness (QED) is 0.0867. The Morgan fingerprint density at radius 3 is 1.80 bits per heavy atom. The van der Waals surface area contributed by atoms with Gasteiger partial charge in [-0.15, -0.1) is 0 Å². The Labute approximate surface area is 384 Å². The van der Waals surface area contributed by atoms with Gasteiger partial charge in [0.1, 0.15) is 5.75 Å². The van der Waals surface area contributed by atoms with Gasteiger partial charge in [0, 0.05) is 50.9 Å². The normalized spacial score (nSPS) is 24.1. The summed E-state index contributed by atoms with van der Waals surface area (Å²) in [5.74, 6) is 1.06. The average molecular weight is 843 g/mol. The number of para-hydroxylation sites is 1. The Balaban J connectivity index is 1.27. The van der Waals surface area contributed by atoms with Gasteiger partial charge in [-0.1, -0.05) is 133 Å². The van der Waals surface area contributed by atoms with Crippen LogP contribution in [0.5, 0.6) is 5.75 Å². The SMILES string of the molecule is CCCCc1ccc(N2C3=C4B(c5cc(CCCC)ccc52)c2cc(CCCC)ccc2N2c5ccc(CCCC)cc5C5(C)C=C6c7ccccc7OC6(C)C(=C5C42C)C3C)cc1. The Morgan fingerprint density at radius 2 is 1.16 bits per heavy atom. The predicted molar refractivity (Wildman–Crippen MR) is 272 cm³/mol. The molecule has 0 saturated heterocycles. The molecular weight excluding hydrogens is 775 g/mol. The molecule has 0 bridgehead atoms. The lowest BCUT2D eigenvalue weighted by Gasteiger charge is -2.66. The van der Waals surface area contributed by atoms with Gasteiger partial charge in [-0.2, -0.15) is 0 Å². The van der Waals surface area contributed by atoms with Gasteiger partial charge in [-0.25, -0.2) is 0 Å². The summed E-state index contributed by atoms with van der Waals surface area (Å²) in [4.78, 5) is 5.56. The van der Waals surface area contributed by atoms with Gasteiger partial charge in [0.15, 0.2) is 5.60 Å². The maximum Gasteiger partial charge on any atom is 0.247 e. The molecule has 326 valence electrons. The lowest BCUT2D eigenvalue weighted by atomic mass is 9.27. The maximum absolute atomic E-state index is 7.47. The van der Waals surface area contributed by atoms with Gasteiger partial charge in [-0.3, -0.25) is 0 Å². The fourth-order valence-electron chi connectivity index (χ4n) is 13.5. The lowest BCUT2D eigenvalue weighted by molar-refractivity contribution is 0.184. The number of hydrogen-bond donors (Lipinski definition) is 0. The zero-order chi connectivity index (χ0) is 44.1. The number of fused-ring (bicyclic) bond motifs is 12. The van der Waals surface area contributed by atoms with E-state index in [2.05, 4.69) is 174 Å². The summed E-state index contributed by atoms with van der Waals surface area (Å²) < 4.78 is 7.47. The summed E-state index contributed by atoms with van der Waals surface area (Å²) in [5, 5.41) is 0. The zero-order valence-corrected chi connectivity index (χ0v) is 39.8. The molecule has 0 fully saturated rings. The third-order valence-electron chi connectivity index (χ3n) is 16.5. The first-order chi connectivity index (χ1) is 31.1. The van der Waals surface area contributed by atoms with Crippen LogP contribution in [0.2, 0.25) is 0 Å². The zero-order valence-electron chi connectivity index (χ0n) is 39.8. The molecule has 2 aliphatic carbocycles. The van der Waals surface area contributed by atoms with Crippen molar-refractivity contribution >= 4 is 46.0 Å². The summed E-state index contributed by atoms with van der Waals surface area (Å²) >= 11 is 0. The number of rotatable bonds is 13. The van der Waals surface area contributed by atoms with E-state index in [0.717, 1.165) is 31.4 Å². The molecule has 4 heterocycles. The van der Waals surface area contributed by atoms with Gasteiger partial charge < -0.3 is 14.5 Å². The standard InChI is InChI=1S/C60H67BN2O/c1-9-13-19-40-25-30-44(31-26-40)62-51-33-28-42(21-15-11-3)36-48(51)61-49-37-43(22-16-12-4)29-34-52(49)63-50-32-27-41(20-14-10-2)35-46(50)58(6)38-47-45-23-17-18-24-53(45)64-60(47,8)54-39(5)55(62)57(61)59(63,7)56(54)58/h17-18,23-39H,9-16,19-22H2,1-8H3. The number of anilines is 4. The Hall–Kier alpha value is -5.22. The molecule has 64 heavy (non-hydrogen) atoms. The molecule has 0 amide bonds. The average Bonchev–Trinajstić information content (AvgIpc) is 3.60. The molecule has 4 aliphatic heterocycles. The number of unbranched alkanes of at least 4 members (excludes halogenated alkanes) is 4. The number of ether oxygens (including phenoxy) is 1. The predicted octanol–water partition coefficient (Wildman–Crippen LogP) is 14.0. The summed E-state index contributed by atoms with van der Waals surface area (Å²) in [6.45, 7) is 19.5. The molecule has 4 heteroatoms. The van der Waals surface area contributed by atoms with Crippen LogP contribution in [-0.4, -0.2) is 17.9 Å². The van der Waals surface area contributed by atoms with E-state index in [0.29, 0.717) is 0 Å². The highest BCUT2D eigenvalue weighted by Gasteiger charge is 2.68. The van der Waals surface area contributed by atoms with Crippen LogP contribution in [0.15, 0.2) is 132 Å².